The van der Waals surface area contributed by atoms with Gasteiger partial charge in [0.15, 0.2) is 5.82 Å². The molecule has 2 heterocycles. The Morgan fingerprint density at radius 3 is 2.96 bits per heavy atom. The summed E-state index contributed by atoms with van der Waals surface area (Å²) < 4.78 is 20.4. The molecule has 0 aliphatic rings. The van der Waals surface area contributed by atoms with Gasteiger partial charge in [-0.2, -0.15) is 4.68 Å². The second-order valence-corrected chi connectivity index (χ2v) is 4.93. The van der Waals surface area contributed by atoms with Crippen molar-refractivity contribution in [2.75, 3.05) is 5.32 Å². The van der Waals surface area contributed by atoms with Crippen LogP contribution < -0.4 is 5.32 Å². The summed E-state index contributed by atoms with van der Waals surface area (Å²) in [5.74, 6) is 0.524. The van der Waals surface area contributed by atoms with Crippen molar-refractivity contribution in [2.45, 2.75) is 19.8 Å². The van der Waals surface area contributed by atoms with E-state index in [0.29, 0.717) is 17.9 Å². The summed E-state index contributed by atoms with van der Waals surface area (Å²) in [5, 5.41) is 13.7. The zero-order valence-corrected chi connectivity index (χ0v) is 12.4. The van der Waals surface area contributed by atoms with E-state index in [0.717, 1.165) is 5.76 Å². The number of carbonyl (C=O) groups is 1. The van der Waals surface area contributed by atoms with E-state index in [1.54, 1.807) is 19.3 Å². The largest absolute Gasteiger partial charge is 0.469 e. The van der Waals surface area contributed by atoms with Crippen LogP contribution in [0, 0.1) is 12.7 Å². The molecule has 0 saturated heterocycles. The minimum Gasteiger partial charge on any atom is -0.469 e. The number of tetrazole rings is 1. The Hall–Kier alpha value is -3.03. The minimum atomic E-state index is -0.478. The molecule has 1 amide bonds. The van der Waals surface area contributed by atoms with Crippen molar-refractivity contribution >= 4 is 11.6 Å². The fraction of sp³-hybridized carbons (Fsp3) is 0.200. The number of benzene rings is 1. The summed E-state index contributed by atoms with van der Waals surface area (Å²) in [6, 6.07) is 7.82. The third-order valence-corrected chi connectivity index (χ3v) is 3.26. The Bertz CT molecular complexity index is 813. The number of anilines is 1. The number of hydrogen-bond acceptors (Lipinski definition) is 5. The predicted octanol–water partition coefficient (Wildman–Crippen LogP) is 2.27. The molecule has 0 fully saturated rings. The molecule has 0 bridgehead atoms. The summed E-state index contributed by atoms with van der Waals surface area (Å²) >= 11 is 0. The normalized spacial score (nSPS) is 10.7. The number of carbonyl (C=O) groups excluding carboxylic acids is 1. The molecular formula is C15H14FN5O2. The minimum absolute atomic E-state index is 0.177. The highest BCUT2D eigenvalue weighted by Gasteiger charge is 2.12. The van der Waals surface area contributed by atoms with E-state index in [4.69, 9.17) is 4.42 Å². The lowest BCUT2D eigenvalue weighted by Crippen LogP contribution is -2.13. The van der Waals surface area contributed by atoms with Crippen molar-refractivity contribution in [3.05, 3.63) is 54.0 Å². The molecule has 0 spiro atoms. The molecule has 1 aromatic carbocycles. The first-order valence-corrected chi connectivity index (χ1v) is 7.00. The van der Waals surface area contributed by atoms with E-state index in [-0.39, 0.29) is 18.0 Å². The quantitative estimate of drug-likeness (QED) is 0.780. The van der Waals surface area contributed by atoms with E-state index >= 15 is 0 Å². The monoisotopic (exact) mass is 315 g/mol. The van der Waals surface area contributed by atoms with Gasteiger partial charge in [-0.3, -0.25) is 4.79 Å². The molecule has 0 saturated carbocycles. The van der Waals surface area contributed by atoms with Gasteiger partial charge in [0.25, 0.3) is 0 Å². The molecule has 0 atom stereocenters. The van der Waals surface area contributed by atoms with Gasteiger partial charge in [-0.25, -0.2) is 4.39 Å². The lowest BCUT2D eigenvalue weighted by atomic mass is 10.2. The highest BCUT2D eigenvalue weighted by molar-refractivity contribution is 5.91. The average molecular weight is 315 g/mol. The maximum atomic E-state index is 13.9. The number of aryl methyl sites for hydroxylation is 2. The van der Waals surface area contributed by atoms with Gasteiger partial charge in [0.1, 0.15) is 17.3 Å². The third kappa shape index (κ3) is 3.42. The molecule has 0 unspecified atom stereocenters. The first-order valence-electron chi connectivity index (χ1n) is 7.00. The van der Waals surface area contributed by atoms with Crippen molar-refractivity contribution in [3.8, 4) is 5.69 Å². The molecule has 3 rings (SSSR count). The summed E-state index contributed by atoms with van der Waals surface area (Å²) in [6.45, 7) is 1.66. The molecule has 1 N–H and O–H groups in total. The zero-order chi connectivity index (χ0) is 16.2. The number of nitrogens with one attached hydrogen (secondary N) is 1. The van der Waals surface area contributed by atoms with Crippen LogP contribution in [0.25, 0.3) is 5.69 Å². The van der Waals surface area contributed by atoms with Gasteiger partial charge in [-0.05, 0) is 47.7 Å². The van der Waals surface area contributed by atoms with E-state index in [9.17, 15) is 9.18 Å². The van der Waals surface area contributed by atoms with Crippen LogP contribution in [0.4, 0.5) is 10.1 Å². The molecular weight excluding hydrogens is 301 g/mol. The maximum Gasteiger partial charge on any atom is 0.224 e. The Morgan fingerprint density at radius 2 is 2.26 bits per heavy atom. The molecule has 2 aromatic heterocycles. The molecule has 8 heteroatoms. The summed E-state index contributed by atoms with van der Waals surface area (Å²) in [4.78, 5) is 12.0. The number of hydrogen-bond donors (Lipinski definition) is 1. The summed E-state index contributed by atoms with van der Waals surface area (Å²) in [6.07, 6.45) is 2.33. The molecule has 0 aliphatic heterocycles. The number of halogens is 1. The first kappa shape index (κ1) is 14.9. The van der Waals surface area contributed by atoms with Crippen LogP contribution in [-0.2, 0) is 11.2 Å². The molecule has 0 radical (unpaired) electrons. The molecule has 7 nitrogen and oxygen atoms in total. The Balaban J connectivity index is 1.71. The Morgan fingerprint density at radius 1 is 1.39 bits per heavy atom. The van der Waals surface area contributed by atoms with Gasteiger partial charge in [0, 0.05) is 18.5 Å². The van der Waals surface area contributed by atoms with E-state index in [1.807, 2.05) is 6.07 Å². The van der Waals surface area contributed by atoms with Gasteiger partial charge < -0.3 is 9.73 Å². The molecule has 23 heavy (non-hydrogen) atoms. The lowest BCUT2D eigenvalue weighted by Gasteiger charge is -2.08. The third-order valence-electron chi connectivity index (χ3n) is 3.26. The fourth-order valence-corrected chi connectivity index (χ4v) is 2.12. The number of rotatable bonds is 5. The van der Waals surface area contributed by atoms with Crippen molar-refractivity contribution < 1.29 is 13.6 Å². The molecule has 3 aromatic rings. The standard InChI is InChI=1S/C15H14FN5O2/c1-10-18-19-20-21(10)14-9-11(4-6-13(14)16)17-15(22)7-5-12-3-2-8-23-12/h2-4,6,8-9H,5,7H2,1H3,(H,17,22). The van der Waals surface area contributed by atoms with Crippen molar-refractivity contribution in [1.29, 1.82) is 0 Å². The van der Waals surface area contributed by atoms with Gasteiger partial charge in [0.2, 0.25) is 5.91 Å². The number of nitrogens with zero attached hydrogens (tertiary/aromatic N) is 4. The molecule has 0 aliphatic carbocycles. The fourth-order valence-electron chi connectivity index (χ4n) is 2.12. The Kier molecular flexibility index (Phi) is 4.13. The van der Waals surface area contributed by atoms with Gasteiger partial charge in [-0.15, -0.1) is 5.10 Å². The predicted molar refractivity (Wildman–Crippen MR) is 79.5 cm³/mol. The number of furan rings is 1. The highest BCUT2D eigenvalue weighted by Crippen LogP contribution is 2.19. The summed E-state index contributed by atoms with van der Waals surface area (Å²) in [5.41, 5.74) is 0.650. The number of aromatic nitrogens is 4. The zero-order valence-electron chi connectivity index (χ0n) is 12.4. The Labute approximate surface area is 131 Å². The van der Waals surface area contributed by atoms with Gasteiger partial charge in [0.05, 0.1) is 6.26 Å². The number of amides is 1. The second-order valence-electron chi connectivity index (χ2n) is 4.93. The van der Waals surface area contributed by atoms with Crippen LogP contribution in [0.15, 0.2) is 41.0 Å². The molecule has 118 valence electrons. The van der Waals surface area contributed by atoms with Crippen LogP contribution >= 0.6 is 0 Å². The van der Waals surface area contributed by atoms with E-state index in [2.05, 4.69) is 20.8 Å². The SMILES string of the molecule is Cc1nnnn1-c1cc(NC(=O)CCc2ccco2)ccc1F. The second kappa shape index (κ2) is 6.39. The van der Waals surface area contributed by atoms with Crippen molar-refractivity contribution in [1.82, 2.24) is 20.2 Å². The maximum absolute atomic E-state index is 13.9. The van der Waals surface area contributed by atoms with Crippen molar-refractivity contribution in [2.24, 2.45) is 0 Å². The topological polar surface area (TPSA) is 85.8 Å². The van der Waals surface area contributed by atoms with Crippen LogP contribution in [0.1, 0.15) is 18.0 Å². The van der Waals surface area contributed by atoms with Gasteiger partial charge >= 0.3 is 0 Å². The first-order chi connectivity index (χ1) is 11.1. The smallest absolute Gasteiger partial charge is 0.224 e. The van der Waals surface area contributed by atoms with Gasteiger partial charge in [-0.1, -0.05) is 0 Å². The highest BCUT2D eigenvalue weighted by atomic mass is 19.1. The van der Waals surface area contributed by atoms with Crippen LogP contribution in [0.3, 0.4) is 0 Å². The van der Waals surface area contributed by atoms with E-state index < -0.39 is 5.82 Å². The van der Waals surface area contributed by atoms with Crippen LogP contribution in [0.5, 0.6) is 0 Å². The average Bonchev–Trinajstić information content (AvgIpc) is 3.19. The van der Waals surface area contributed by atoms with E-state index in [1.165, 1.54) is 22.9 Å². The summed E-state index contributed by atoms with van der Waals surface area (Å²) in [7, 11) is 0. The van der Waals surface area contributed by atoms with Crippen LogP contribution in [0.2, 0.25) is 0 Å². The van der Waals surface area contributed by atoms with Crippen LogP contribution in [-0.4, -0.2) is 26.1 Å². The van der Waals surface area contributed by atoms with Crippen molar-refractivity contribution in [3.63, 3.8) is 0 Å². The lowest BCUT2D eigenvalue weighted by molar-refractivity contribution is -0.116.